The second-order valence-corrected chi connectivity index (χ2v) is 4.97. The van der Waals surface area contributed by atoms with Crippen molar-refractivity contribution in [3.05, 3.63) is 28.7 Å². The molecule has 0 atom stereocenters. The number of nitrogens with one attached hydrogen (secondary N) is 2. The molecule has 0 radical (unpaired) electrons. The lowest BCUT2D eigenvalue weighted by atomic mass is 10.3. The van der Waals surface area contributed by atoms with Gasteiger partial charge >= 0.3 is 0 Å². The van der Waals surface area contributed by atoms with Crippen LogP contribution in [0, 0.1) is 0 Å². The van der Waals surface area contributed by atoms with Gasteiger partial charge in [-0.1, -0.05) is 22.0 Å². The van der Waals surface area contributed by atoms with Gasteiger partial charge in [-0.15, -0.1) is 12.4 Å². The van der Waals surface area contributed by atoms with Crippen molar-refractivity contribution >= 4 is 45.8 Å². The maximum absolute atomic E-state index is 11.8. The van der Waals surface area contributed by atoms with E-state index >= 15 is 0 Å². The molecule has 19 heavy (non-hydrogen) atoms. The van der Waals surface area contributed by atoms with Crippen LogP contribution in [0.5, 0.6) is 0 Å². The van der Waals surface area contributed by atoms with Gasteiger partial charge in [-0.05, 0) is 18.2 Å². The largest absolute Gasteiger partial charge is 0.331 e. The summed E-state index contributed by atoms with van der Waals surface area (Å²) in [5.41, 5.74) is 0.719. The minimum atomic E-state index is -0.177. The standard InChI is InChI=1S/C12H14BrN3O2.ClH/c13-9-2-1-3-10(6-9)15-11(17)8-16-5-4-14-7-12(16)18;/h1-3,6,14H,4-5,7-8H2,(H,15,17);1H. The predicted molar refractivity (Wildman–Crippen MR) is 79.5 cm³/mol. The number of rotatable bonds is 3. The summed E-state index contributed by atoms with van der Waals surface area (Å²) in [6.45, 7) is 1.72. The lowest BCUT2D eigenvalue weighted by Crippen LogP contribution is -2.50. The van der Waals surface area contributed by atoms with Crippen LogP contribution in [0.3, 0.4) is 0 Å². The highest BCUT2D eigenvalue weighted by Crippen LogP contribution is 2.15. The summed E-state index contributed by atoms with van der Waals surface area (Å²) in [5, 5.41) is 5.73. The molecular weight excluding hydrogens is 334 g/mol. The summed E-state index contributed by atoms with van der Waals surface area (Å²) in [6, 6.07) is 7.35. The van der Waals surface area contributed by atoms with Crippen molar-refractivity contribution in [2.24, 2.45) is 0 Å². The molecule has 0 bridgehead atoms. The quantitative estimate of drug-likeness (QED) is 0.864. The fraction of sp³-hybridized carbons (Fsp3) is 0.333. The molecule has 1 aromatic rings. The van der Waals surface area contributed by atoms with E-state index in [1.807, 2.05) is 24.3 Å². The van der Waals surface area contributed by atoms with E-state index in [2.05, 4.69) is 26.6 Å². The van der Waals surface area contributed by atoms with Crippen LogP contribution in [0.1, 0.15) is 0 Å². The molecule has 1 fully saturated rings. The topological polar surface area (TPSA) is 61.4 Å². The molecule has 1 heterocycles. The fourth-order valence-corrected chi connectivity index (χ4v) is 2.15. The number of piperazine rings is 1. The smallest absolute Gasteiger partial charge is 0.243 e. The summed E-state index contributed by atoms with van der Waals surface area (Å²) < 4.78 is 0.901. The van der Waals surface area contributed by atoms with Crippen molar-refractivity contribution in [2.75, 3.05) is 31.5 Å². The third-order valence-electron chi connectivity index (χ3n) is 2.63. The molecule has 1 aliphatic rings. The molecule has 1 saturated heterocycles. The van der Waals surface area contributed by atoms with Gasteiger partial charge in [0.15, 0.2) is 0 Å². The summed E-state index contributed by atoms with van der Waals surface area (Å²) in [6.07, 6.45) is 0. The van der Waals surface area contributed by atoms with E-state index in [0.29, 0.717) is 13.1 Å². The molecule has 2 N–H and O–H groups in total. The van der Waals surface area contributed by atoms with Gasteiger partial charge in [0.25, 0.3) is 0 Å². The van der Waals surface area contributed by atoms with Gasteiger partial charge in [0.2, 0.25) is 11.8 Å². The summed E-state index contributed by atoms with van der Waals surface area (Å²) >= 11 is 3.34. The summed E-state index contributed by atoms with van der Waals surface area (Å²) in [5.74, 6) is -0.214. The Kier molecular flexibility index (Phi) is 6.27. The average Bonchev–Trinajstić information content (AvgIpc) is 2.32. The minimum Gasteiger partial charge on any atom is -0.331 e. The Bertz CT molecular complexity index is 470. The number of halogens is 2. The van der Waals surface area contributed by atoms with E-state index in [4.69, 9.17) is 0 Å². The van der Waals surface area contributed by atoms with Crippen molar-refractivity contribution in [1.29, 1.82) is 0 Å². The first-order chi connectivity index (χ1) is 8.65. The molecule has 1 aliphatic heterocycles. The number of hydrogen-bond donors (Lipinski definition) is 2. The number of hydrogen-bond acceptors (Lipinski definition) is 3. The van der Waals surface area contributed by atoms with Gasteiger partial charge in [-0.2, -0.15) is 0 Å². The zero-order valence-corrected chi connectivity index (χ0v) is 12.6. The van der Waals surface area contributed by atoms with E-state index in [-0.39, 0.29) is 30.8 Å². The SMILES string of the molecule is Cl.O=C(CN1CCNCC1=O)Nc1cccc(Br)c1. The number of carbonyl (C=O) groups excluding carboxylic acids is 2. The molecule has 5 nitrogen and oxygen atoms in total. The molecule has 2 amide bonds. The van der Waals surface area contributed by atoms with Gasteiger partial charge in [-0.3, -0.25) is 9.59 Å². The third-order valence-corrected chi connectivity index (χ3v) is 3.12. The summed E-state index contributed by atoms with van der Waals surface area (Å²) in [7, 11) is 0. The van der Waals surface area contributed by atoms with Crippen LogP contribution in [0.4, 0.5) is 5.69 Å². The predicted octanol–water partition coefficient (Wildman–Crippen LogP) is 1.24. The zero-order chi connectivity index (χ0) is 13.0. The lowest BCUT2D eigenvalue weighted by Gasteiger charge is -2.26. The molecule has 0 unspecified atom stereocenters. The first-order valence-corrected chi connectivity index (χ1v) is 6.48. The Morgan fingerprint density at radius 3 is 2.95 bits per heavy atom. The number of benzene rings is 1. The van der Waals surface area contributed by atoms with E-state index < -0.39 is 0 Å². The van der Waals surface area contributed by atoms with Gasteiger partial charge in [0.1, 0.15) is 0 Å². The maximum Gasteiger partial charge on any atom is 0.243 e. The zero-order valence-electron chi connectivity index (χ0n) is 10.2. The highest BCUT2D eigenvalue weighted by Gasteiger charge is 2.19. The minimum absolute atomic E-state index is 0. The molecule has 2 rings (SSSR count). The van der Waals surface area contributed by atoms with Gasteiger partial charge in [0, 0.05) is 23.2 Å². The molecule has 104 valence electrons. The normalized spacial score (nSPS) is 14.8. The van der Waals surface area contributed by atoms with E-state index in [9.17, 15) is 9.59 Å². The monoisotopic (exact) mass is 347 g/mol. The highest BCUT2D eigenvalue weighted by atomic mass is 79.9. The maximum atomic E-state index is 11.8. The average molecular weight is 349 g/mol. The van der Waals surface area contributed by atoms with Crippen LogP contribution in [-0.4, -0.2) is 42.9 Å². The lowest BCUT2D eigenvalue weighted by molar-refractivity contribution is -0.135. The Balaban J connectivity index is 0.00000180. The Hall–Kier alpha value is -1.11. The first kappa shape index (κ1) is 15.9. The number of amides is 2. The molecule has 7 heteroatoms. The number of anilines is 1. The number of nitrogens with zero attached hydrogens (tertiary/aromatic N) is 1. The van der Waals surface area contributed by atoms with Gasteiger partial charge in [0.05, 0.1) is 13.1 Å². The van der Waals surface area contributed by atoms with Crippen LogP contribution in [0.2, 0.25) is 0 Å². The van der Waals surface area contributed by atoms with Crippen LogP contribution in [0.15, 0.2) is 28.7 Å². The molecular formula is C12H15BrClN3O2. The van der Waals surface area contributed by atoms with Crippen molar-refractivity contribution in [2.45, 2.75) is 0 Å². The molecule has 1 aromatic carbocycles. The third kappa shape index (κ3) is 4.81. The van der Waals surface area contributed by atoms with Crippen molar-refractivity contribution in [3.8, 4) is 0 Å². The number of carbonyl (C=O) groups is 2. The Morgan fingerprint density at radius 1 is 1.47 bits per heavy atom. The van der Waals surface area contributed by atoms with E-state index in [0.717, 1.165) is 16.7 Å². The Morgan fingerprint density at radius 2 is 2.26 bits per heavy atom. The first-order valence-electron chi connectivity index (χ1n) is 5.69. The van der Waals surface area contributed by atoms with E-state index in [1.54, 1.807) is 4.90 Å². The Labute approximate surface area is 126 Å². The van der Waals surface area contributed by atoms with Crippen LogP contribution < -0.4 is 10.6 Å². The molecule has 0 saturated carbocycles. The molecule has 0 spiro atoms. The van der Waals surface area contributed by atoms with Gasteiger partial charge < -0.3 is 15.5 Å². The van der Waals surface area contributed by atoms with Gasteiger partial charge in [-0.25, -0.2) is 0 Å². The van der Waals surface area contributed by atoms with Crippen LogP contribution >= 0.6 is 28.3 Å². The highest BCUT2D eigenvalue weighted by molar-refractivity contribution is 9.10. The van der Waals surface area contributed by atoms with Crippen molar-refractivity contribution in [1.82, 2.24) is 10.2 Å². The van der Waals surface area contributed by atoms with E-state index in [1.165, 1.54) is 0 Å². The molecule has 0 aliphatic carbocycles. The fourth-order valence-electron chi connectivity index (χ4n) is 1.75. The molecule has 0 aromatic heterocycles. The van der Waals surface area contributed by atoms with Crippen LogP contribution in [0.25, 0.3) is 0 Å². The summed E-state index contributed by atoms with van der Waals surface area (Å²) in [4.78, 5) is 24.9. The second kappa shape index (κ2) is 7.47. The van der Waals surface area contributed by atoms with Crippen molar-refractivity contribution in [3.63, 3.8) is 0 Å². The van der Waals surface area contributed by atoms with Crippen molar-refractivity contribution < 1.29 is 9.59 Å². The second-order valence-electron chi connectivity index (χ2n) is 4.05. The van der Waals surface area contributed by atoms with Crippen LogP contribution in [-0.2, 0) is 9.59 Å².